The van der Waals surface area contributed by atoms with E-state index in [9.17, 15) is 4.79 Å². The molecule has 0 atom stereocenters. The summed E-state index contributed by atoms with van der Waals surface area (Å²) in [5, 5.41) is 1.00. The number of carbonyl (C=O) groups is 1. The van der Waals surface area contributed by atoms with Crippen LogP contribution >= 0.6 is 0 Å². The van der Waals surface area contributed by atoms with E-state index in [0.717, 1.165) is 16.5 Å². The third kappa shape index (κ3) is 2.14. The van der Waals surface area contributed by atoms with Crippen molar-refractivity contribution in [1.82, 2.24) is 14.5 Å². The maximum absolute atomic E-state index is 11.9. The number of ether oxygens (including phenoxy) is 1. The highest BCUT2D eigenvalue weighted by Crippen LogP contribution is 2.21. The molecule has 0 spiro atoms. The van der Waals surface area contributed by atoms with Gasteiger partial charge in [-0.2, -0.15) is 0 Å². The first kappa shape index (κ1) is 12.3. The van der Waals surface area contributed by atoms with Gasteiger partial charge in [-0.05, 0) is 12.1 Å². The Morgan fingerprint density at radius 1 is 1.25 bits per heavy atom. The summed E-state index contributed by atoms with van der Waals surface area (Å²) in [6.45, 7) is 0.527. The molecule has 2 heterocycles. The number of fused-ring (bicyclic) bond motifs is 1. The van der Waals surface area contributed by atoms with Gasteiger partial charge in [0.05, 0.1) is 13.7 Å². The van der Waals surface area contributed by atoms with Gasteiger partial charge >= 0.3 is 5.97 Å². The summed E-state index contributed by atoms with van der Waals surface area (Å²) in [7, 11) is 1.38. The molecule has 3 rings (SSSR count). The van der Waals surface area contributed by atoms with Crippen LogP contribution in [0.4, 0.5) is 0 Å². The first-order valence-electron chi connectivity index (χ1n) is 6.20. The number of benzene rings is 1. The first-order chi connectivity index (χ1) is 9.79. The zero-order valence-corrected chi connectivity index (χ0v) is 11.0. The molecular formula is C15H13N3O2. The van der Waals surface area contributed by atoms with Gasteiger partial charge in [0.1, 0.15) is 12.0 Å². The van der Waals surface area contributed by atoms with E-state index in [4.69, 9.17) is 4.74 Å². The van der Waals surface area contributed by atoms with Crippen LogP contribution in [0, 0.1) is 0 Å². The molecule has 0 bridgehead atoms. The summed E-state index contributed by atoms with van der Waals surface area (Å²) >= 11 is 0. The molecular weight excluding hydrogens is 254 g/mol. The third-order valence-corrected chi connectivity index (χ3v) is 3.16. The monoisotopic (exact) mass is 267 g/mol. The van der Waals surface area contributed by atoms with Crippen LogP contribution in [-0.4, -0.2) is 27.6 Å². The fraction of sp³-hybridized carbons (Fsp3) is 0.133. The van der Waals surface area contributed by atoms with Gasteiger partial charge in [0, 0.05) is 28.9 Å². The minimum Gasteiger partial charge on any atom is -0.464 e. The number of nitrogens with zero attached hydrogens (tertiary/aromatic N) is 3. The minimum atomic E-state index is -0.349. The highest BCUT2D eigenvalue weighted by Gasteiger charge is 2.16. The number of hydrogen-bond acceptors (Lipinski definition) is 4. The number of aromatic nitrogens is 3. The van der Waals surface area contributed by atoms with Crippen LogP contribution in [0.5, 0.6) is 0 Å². The van der Waals surface area contributed by atoms with Gasteiger partial charge in [0.15, 0.2) is 0 Å². The SMILES string of the molecule is COC(=O)c1cc2ccccc2n1Cc1cncnc1. The average molecular weight is 267 g/mol. The number of hydrogen-bond donors (Lipinski definition) is 0. The molecule has 5 nitrogen and oxygen atoms in total. The standard InChI is InChI=1S/C15H13N3O2/c1-20-15(19)14-6-12-4-2-3-5-13(12)18(14)9-11-7-16-10-17-8-11/h2-8,10H,9H2,1H3. The van der Waals surface area contributed by atoms with Crippen LogP contribution in [0.2, 0.25) is 0 Å². The van der Waals surface area contributed by atoms with Gasteiger partial charge in [-0.1, -0.05) is 18.2 Å². The molecule has 0 aliphatic carbocycles. The lowest BCUT2D eigenvalue weighted by Crippen LogP contribution is -2.11. The predicted octanol–water partition coefficient (Wildman–Crippen LogP) is 2.27. The van der Waals surface area contributed by atoms with Crippen LogP contribution in [0.1, 0.15) is 16.1 Å². The van der Waals surface area contributed by atoms with E-state index in [1.165, 1.54) is 13.4 Å². The number of carbonyl (C=O) groups excluding carboxylic acids is 1. The maximum atomic E-state index is 11.9. The van der Waals surface area contributed by atoms with Crippen molar-refractivity contribution in [1.29, 1.82) is 0 Å². The zero-order chi connectivity index (χ0) is 13.9. The molecule has 5 heteroatoms. The van der Waals surface area contributed by atoms with E-state index >= 15 is 0 Å². The van der Waals surface area contributed by atoms with Crippen molar-refractivity contribution >= 4 is 16.9 Å². The van der Waals surface area contributed by atoms with Crippen LogP contribution in [0.3, 0.4) is 0 Å². The summed E-state index contributed by atoms with van der Waals surface area (Å²) < 4.78 is 6.77. The zero-order valence-electron chi connectivity index (χ0n) is 11.0. The molecule has 0 radical (unpaired) electrons. The van der Waals surface area contributed by atoms with E-state index < -0.39 is 0 Å². The highest BCUT2D eigenvalue weighted by atomic mass is 16.5. The molecule has 0 unspecified atom stereocenters. The second-order valence-corrected chi connectivity index (χ2v) is 4.41. The summed E-state index contributed by atoms with van der Waals surface area (Å²) in [6.07, 6.45) is 4.96. The number of para-hydroxylation sites is 1. The smallest absolute Gasteiger partial charge is 0.354 e. The van der Waals surface area contributed by atoms with Gasteiger partial charge < -0.3 is 9.30 Å². The fourth-order valence-electron chi connectivity index (χ4n) is 2.25. The Morgan fingerprint density at radius 3 is 2.75 bits per heavy atom. The lowest BCUT2D eigenvalue weighted by atomic mass is 10.2. The summed E-state index contributed by atoms with van der Waals surface area (Å²) in [6, 6.07) is 9.68. The highest BCUT2D eigenvalue weighted by molar-refractivity contribution is 5.95. The average Bonchev–Trinajstić information content (AvgIpc) is 2.86. The van der Waals surface area contributed by atoms with E-state index in [0.29, 0.717) is 12.2 Å². The maximum Gasteiger partial charge on any atom is 0.354 e. The summed E-state index contributed by atoms with van der Waals surface area (Å²) in [4.78, 5) is 19.9. The van der Waals surface area contributed by atoms with Gasteiger partial charge in [-0.25, -0.2) is 14.8 Å². The number of esters is 1. The van der Waals surface area contributed by atoms with Crippen molar-refractivity contribution < 1.29 is 9.53 Å². The Hall–Kier alpha value is -2.69. The van der Waals surface area contributed by atoms with Crippen molar-refractivity contribution in [2.45, 2.75) is 6.54 Å². The second-order valence-electron chi connectivity index (χ2n) is 4.41. The molecule has 0 amide bonds. The van der Waals surface area contributed by atoms with E-state index in [-0.39, 0.29) is 5.97 Å². The lowest BCUT2D eigenvalue weighted by molar-refractivity contribution is 0.0589. The largest absolute Gasteiger partial charge is 0.464 e. The topological polar surface area (TPSA) is 57.0 Å². The quantitative estimate of drug-likeness (QED) is 0.683. The Kier molecular flexibility index (Phi) is 3.16. The summed E-state index contributed by atoms with van der Waals surface area (Å²) in [5.74, 6) is -0.349. The Morgan fingerprint density at radius 2 is 2.00 bits per heavy atom. The van der Waals surface area contributed by atoms with E-state index in [1.54, 1.807) is 12.4 Å². The molecule has 0 saturated carbocycles. The molecule has 100 valence electrons. The van der Waals surface area contributed by atoms with Crippen LogP contribution in [0.25, 0.3) is 10.9 Å². The van der Waals surface area contributed by atoms with Crippen LogP contribution in [-0.2, 0) is 11.3 Å². The van der Waals surface area contributed by atoms with Gasteiger partial charge in [0.25, 0.3) is 0 Å². The van der Waals surface area contributed by atoms with Crippen molar-refractivity contribution in [2.75, 3.05) is 7.11 Å². The molecule has 0 fully saturated rings. The molecule has 0 saturated heterocycles. The molecule has 3 aromatic rings. The van der Waals surface area contributed by atoms with Crippen molar-refractivity contribution in [3.05, 3.63) is 60.3 Å². The minimum absolute atomic E-state index is 0.349. The van der Waals surface area contributed by atoms with Gasteiger partial charge in [-0.3, -0.25) is 0 Å². The molecule has 20 heavy (non-hydrogen) atoms. The Labute approximate surface area is 115 Å². The van der Waals surface area contributed by atoms with Crippen molar-refractivity contribution in [3.8, 4) is 0 Å². The normalized spacial score (nSPS) is 10.7. The number of rotatable bonds is 3. The first-order valence-corrected chi connectivity index (χ1v) is 6.20. The third-order valence-electron chi connectivity index (χ3n) is 3.16. The van der Waals surface area contributed by atoms with Crippen LogP contribution in [0.15, 0.2) is 49.1 Å². The molecule has 0 aliphatic heterocycles. The van der Waals surface area contributed by atoms with Crippen molar-refractivity contribution in [2.24, 2.45) is 0 Å². The van der Waals surface area contributed by atoms with Gasteiger partial charge in [-0.15, -0.1) is 0 Å². The second kappa shape index (κ2) is 5.13. The van der Waals surface area contributed by atoms with Crippen molar-refractivity contribution in [3.63, 3.8) is 0 Å². The molecule has 0 N–H and O–H groups in total. The van der Waals surface area contributed by atoms with E-state index in [2.05, 4.69) is 9.97 Å². The Balaban J connectivity index is 2.13. The molecule has 0 aliphatic rings. The molecule has 1 aromatic carbocycles. The number of methoxy groups -OCH3 is 1. The molecule has 2 aromatic heterocycles. The van der Waals surface area contributed by atoms with Gasteiger partial charge in [0.2, 0.25) is 0 Å². The van der Waals surface area contributed by atoms with Crippen LogP contribution < -0.4 is 0 Å². The lowest BCUT2D eigenvalue weighted by Gasteiger charge is -2.09. The fourth-order valence-corrected chi connectivity index (χ4v) is 2.25. The Bertz CT molecular complexity index is 750. The summed E-state index contributed by atoms with van der Waals surface area (Å²) in [5.41, 5.74) is 2.44. The predicted molar refractivity (Wildman–Crippen MR) is 74.4 cm³/mol. The van der Waals surface area contributed by atoms with E-state index in [1.807, 2.05) is 34.9 Å².